The Balaban J connectivity index is 1.63. The van der Waals surface area contributed by atoms with Crippen LogP contribution in [0.4, 0.5) is 11.4 Å². The Bertz CT molecular complexity index is 1110. The Morgan fingerprint density at radius 3 is 2.26 bits per heavy atom. The van der Waals surface area contributed by atoms with Gasteiger partial charge in [0.15, 0.2) is 11.5 Å². The van der Waals surface area contributed by atoms with Gasteiger partial charge in [-0.25, -0.2) is 0 Å². The molecule has 0 aliphatic rings. The van der Waals surface area contributed by atoms with Crippen molar-refractivity contribution < 1.29 is 19.1 Å². The number of amides is 2. The van der Waals surface area contributed by atoms with Gasteiger partial charge in [-0.05, 0) is 66.6 Å². The van der Waals surface area contributed by atoms with E-state index in [-0.39, 0.29) is 11.8 Å². The molecule has 0 aliphatic heterocycles. The molecule has 6 nitrogen and oxygen atoms in total. The summed E-state index contributed by atoms with van der Waals surface area (Å²) in [6.07, 6.45) is 3.14. The molecule has 3 aromatic carbocycles. The van der Waals surface area contributed by atoms with E-state index in [1.807, 2.05) is 37.3 Å². The summed E-state index contributed by atoms with van der Waals surface area (Å²) in [5.74, 6) is 0.765. The number of carbonyl (C=O) groups excluding carboxylic acids is 2. The zero-order valence-corrected chi connectivity index (χ0v) is 17.6. The Labute approximate surface area is 181 Å². The Hall–Kier alpha value is -4.06. The van der Waals surface area contributed by atoms with Crippen LogP contribution in [0, 0.1) is 6.92 Å². The molecule has 0 radical (unpaired) electrons. The highest BCUT2D eigenvalue weighted by Gasteiger charge is 2.08. The summed E-state index contributed by atoms with van der Waals surface area (Å²) < 4.78 is 10.5. The summed E-state index contributed by atoms with van der Waals surface area (Å²) in [5.41, 5.74) is 3.55. The van der Waals surface area contributed by atoms with E-state index >= 15 is 0 Å². The minimum absolute atomic E-state index is 0.182. The molecule has 6 heteroatoms. The minimum atomic E-state index is -0.268. The molecule has 0 spiro atoms. The lowest BCUT2D eigenvalue weighted by Crippen LogP contribution is -2.13. The van der Waals surface area contributed by atoms with Crippen molar-refractivity contribution in [1.82, 2.24) is 0 Å². The van der Waals surface area contributed by atoms with Crippen LogP contribution in [0.15, 0.2) is 72.8 Å². The van der Waals surface area contributed by atoms with E-state index in [9.17, 15) is 9.59 Å². The summed E-state index contributed by atoms with van der Waals surface area (Å²) >= 11 is 0. The summed E-state index contributed by atoms with van der Waals surface area (Å²) in [5, 5.41) is 5.71. The first-order valence-corrected chi connectivity index (χ1v) is 9.68. The molecule has 0 atom stereocenters. The van der Waals surface area contributed by atoms with Crippen molar-refractivity contribution in [3.05, 3.63) is 89.5 Å². The van der Waals surface area contributed by atoms with Gasteiger partial charge < -0.3 is 20.1 Å². The minimum Gasteiger partial charge on any atom is -0.493 e. The first-order valence-electron chi connectivity index (χ1n) is 9.68. The molecular formula is C25H24N2O4. The standard InChI is InChI=1S/C25H24N2O4/c1-17-15-20(11-12-21(17)27-25(29)19-7-5-4-6-8-19)26-24(28)14-10-18-9-13-22(30-2)23(16-18)31-3/h4-16H,1-3H3,(H,26,28)(H,27,29)/b14-10+. The van der Waals surface area contributed by atoms with Crippen LogP contribution >= 0.6 is 0 Å². The number of ether oxygens (including phenoxy) is 2. The number of aryl methyl sites for hydroxylation is 1. The molecule has 0 aliphatic carbocycles. The van der Waals surface area contributed by atoms with Crippen molar-refractivity contribution in [3.8, 4) is 11.5 Å². The molecule has 0 bridgehead atoms. The highest BCUT2D eigenvalue weighted by atomic mass is 16.5. The third kappa shape index (κ3) is 5.73. The number of hydrogen-bond donors (Lipinski definition) is 2. The molecule has 0 heterocycles. The smallest absolute Gasteiger partial charge is 0.255 e. The van der Waals surface area contributed by atoms with Crippen molar-refractivity contribution in [3.63, 3.8) is 0 Å². The predicted molar refractivity (Wildman–Crippen MR) is 123 cm³/mol. The molecule has 31 heavy (non-hydrogen) atoms. The van der Waals surface area contributed by atoms with Gasteiger partial charge in [0.1, 0.15) is 0 Å². The average Bonchev–Trinajstić information content (AvgIpc) is 2.79. The maximum atomic E-state index is 12.3. The third-order valence-electron chi connectivity index (χ3n) is 4.61. The van der Waals surface area contributed by atoms with Gasteiger partial charge in [0.2, 0.25) is 5.91 Å². The number of rotatable bonds is 7. The van der Waals surface area contributed by atoms with E-state index in [0.29, 0.717) is 28.4 Å². The van der Waals surface area contributed by atoms with Crippen LogP contribution in [0.2, 0.25) is 0 Å². The van der Waals surface area contributed by atoms with E-state index < -0.39 is 0 Å². The van der Waals surface area contributed by atoms with Gasteiger partial charge in [-0.1, -0.05) is 24.3 Å². The number of benzene rings is 3. The summed E-state index contributed by atoms with van der Waals surface area (Å²) in [6.45, 7) is 1.87. The number of carbonyl (C=O) groups is 2. The van der Waals surface area contributed by atoms with Crippen molar-refractivity contribution in [2.75, 3.05) is 24.9 Å². The fourth-order valence-electron chi connectivity index (χ4n) is 2.98. The Morgan fingerprint density at radius 2 is 1.58 bits per heavy atom. The maximum Gasteiger partial charge on any atom is 0.255 e. The molecule has 2 N–H and O–H groups in total. The fraction of sp³-hybridized carbons (Fsp3) is 0.120. The first kappa shape index (κ1) is 21.6. The quantitative estimate of drug-likeness (QED) is 0.536. The number of nitrogens with one attached hydrogen (secondary N) is 2. The molecule has 3 rings (SSSR count). The second-order valence-electron chi connectivity index (χ2n) is 6.79. The van der Waals surface area contributed by atoms with E-state index in [4.69, 9.17) is 9.47 Å². The second-order valence-corrected chi connectivity index (χ2v) is 6.79. The van der Waals surface area contributed by atoms with Crippen LogP contribution in [0.3, 0.4) is 0 Å². The topological polar surface area (TPSA) is 76.7 Å². The van der Waals surface area contributed by atoms with E-state index in [2.05, 4.69) is 10.6 Å². The zero-order chi connectivity index (χ0) is 22.2. The van der Waals surface area contributed by atoms with Crippen LogP contribution in [-0.4, -0.2) is 26.0 Å². The van der Waals surface area contributed by atoms with Gasteiger partial charge in [0, 0.05) is 23.0 Å². The summed E-state index contributed by atoms with van der Waals surface area (Å²) in [6, 6.07) is 19.7. The third-order valence-corrected chi connectivity index (χ3v) is 4.61. The lowest BCUT2D eigenvalue weighted by molar-refractivity contribution is -0.111. The summed E-state index contributed by atoms with van der Waals surface area (Å²) in [7, 11) is 3.13. The van der Waals surface area contributed by atoms with Crippen molar-refractivity contribution in [2.45, 2.75) is 6.92 Å². The van der Waals surface area contributed by atoms with Crippen molar-refractivity contribution in [2.24, 2.45) is 0 Å². The van der Waals surface area contributed by atoms with Gasteiger partial charge >= 0.3 is 0 Å². The molecule has 158 valence electrons. The van der Waals surface area contributed by atoms with E-state index in [1.54, 1.807) is 56.7 Å². The van der Waals surface area contributed by atoms with Crippen LogP contribution in [-0.2, 0) is 4.79 Å². The van der Waals surface area contributed by atoms with E-state index in [1.165, 1.54) is 6.08 Å². The number of anilines is 2. The molecule has 0 aromatic heterocycles. The average molecular weight is 416 g/mol. The monoisotopic (exact) mass is 416 g/mol. The predicted octanol–water partition coefficient (Wildman–Crippen LogP) is 4.92. The normalized spacial score (nSPS) is 10.5. The summed E-state index contributed by atoms with van der Waals surface area (Å²) in [4.78, 5) is 24.6. The van der Waals surface area contributed by atoms with Crippen LogP contribution in [0.25, 0.3) is 6.08 Å². The van der Waals surface area contributed by atoms with Crippen molar-refractivity contribution in [1.29, 1.82) is 0 Å². The molecule has 0 saturated carbocycles. The Kier molecular flexibility index (Phi) is 7.06. The second kappa shape index (κ2) is 10.1. The van der Waals surface area contributed by atoms with Gasteiger partial charge in [0.05, 0.1) is 14.2 Å². The lowest BCUT2D eigenvalue weighted by Gasteiger charge is -2.11. The molecule has 0 unspecified atom stereocenters. The van der Waals surface area contributed by atoms with Crippen molar-refractivity contribution >= 4 is 29.3 Å². The van der Waals surface area contributed by atoms with Gasteiger partial charge in [-0.3, -0.25) is 9.59 Å². The zero-order valence-electron chi connectivity index (χ0n) is 17.6. The van der Waals surface area contributed by atoms with Crippen LogP contribution < -0.4 is 20.1 Å². The highest BCUT2D eigenvalue weighted by Crippen LogP contribution is 2.28. The van der Waals surface area contributed by atoms with Crippen LogP contribution in [0.5, 0.6) is 11.5 Å². The largest absolute Gasteiger partial charge is 0.493 e. The fourth-order valence-corrected chi connectivity index (χ4v) is 2.98. The van der Waals surface area contributed by atoms with Gasteiger partial charge in [-0.2, -0.15) is 0 Å². The maximum absolute atomic E-state index is 12.3. The number of hydrogen-bond acceptors (Lipinski definition) is 4. The molecule has 0 saturated heterocycles. The molecule has 0 fully saturated rings. The lowest BCUT2D eigenvalue weighted by atomic mass is 10.1. The molecule has 2 amide bonds. The first-order chi connectivity index (χ1) is 15.0. The SMILES string of the molecule is COc1ccc(/C=C/C(=O)Nc2ccc(NC(=O)c3ccccc3)c(C)c2)cc1OC. The molecular weight excluding hydrogens is 392 g/mol. The number of methoxy groups -OCH3 is 2. The van der Waals surface area contributed by atoms with Gasteiger partial charge in [0.25, 0.3) is 5.91 Å². The van der Waals surface area contributed by atoms with Crippen LogP contribution in [0.1, 0.15) is 21.5 Å². The molecule has 3 aromatic rings. The van der Waals surface area contributed by atoms with Gasteiger partial charge in [-0.15, -0.1) is 0 Å². The Morgan fingerprint density at radius 1 is 0.839 bits per heavy atom. The highest BCUT2D eigenvalue weighted by molar-refractivity contribution is 6.05. The van der Waals surface area contributed by atoms with E-state index in [0.717, 1.165) is 11.1 Å².